The Balaban J connectivity index is 0.00000300. The van der Waals surface area contributed by atoms with E-state index in [4.69, 9.17) is 15.2 Å². The fourth-order valence-electron chi connectivity index (χ4n) is 3.00. The first kappa shape index (κ1) is 23.4. The molecule has 0 aromatic heterocycles. The molecule has 0 saturated carbocycles. The molecule has 3 rings (SSSR count). The molecule has 1 heterocycles. The molecule has 6 nitrogen and oxygen atoms in total. The number of morpholine rings is 1. The Morgan fingerprint density at radius 2 is 1.72 bits per heavy atom. The van der Waals surface area contributed by atoms with Crippen molar-refractivity contribution in [2.45, 2.75) is 19.6 Å². The molecular weight excluding hydrogens is 479 g/mol. The maximum atomic E-state index is 5.97. The molecule has 0 atom stereocenters. The van der Waals surface area contributed by atoms with Crippen LogP contribution in [0.4, 0.5) is 0 Å². The molecule has 29 heavy (non-hydrogen) atoms. The molecule has 0 unspecified atom stereocenters. The van der Waals surface area contributed by atoms with Crippen LogP contribution in [0, 0.1) is 0 Å². The van der Waals surface area contributed by atoms with Gasteiger partial charge in [0.15, 0.2) is 5.96 Å². The number of ether oxygens (including phenoxy) is 2. The Bertz CT molecular complexity index is 719. The topological polar surface area (TPSA) is 72.1 Å². The number of para-hydroxylation sites is 1. The zero-order chi connectivity index (χ0) is 19.4. The molecular formula is C22H31IN4O2. The number of aliphatic imine (C=N–C) groups is 1. The van der Waals surface area contributed by atoms with Gasteiger partial charge in [-0.3, -0.25) is 4.90 Å². The second kappa shape index (κ2) is 13.4. The van der Waals surface area contributed by atoms with Crippen molar-refractivity contribution in [3.8, 4) is 5.75 Å². The quantitative estimate of drug-likeness (QED) is 0.235. The molecule has 2 aromatic carbocycles. The minimum atomic E-state index is 0. The fraction of sp³-hybridized carbons (Fsp3) is 0.409. The standard InChI is InChI=1S/C22H30N4O2.HI/c23-22(24-11-4-12-26-13-15-27-16-14-26)25-17-19-7-9-20(10-8-19)18-28-21-5-2-1-3-6-21;/h1-3,5-10H,4,11-18H2,(H3,23,24,25);1H. The molecule has 158 valence electrons. The van der Waals surface area contributed by atoms with Crippen molar-refractivity contribution in [1.82, 2.24) is 10.2 Å². The van der Waals surface area contributed by atoms with Gasteiger partial charge in [0.1, 0.15) is 12.4 Å². The van der Waals surface area contributed by atoms with Crippen molar-refractivity contribution >= 4 is 29.9 Å². The molecule has 3 N–H and O–H groups in total. The van der Waals surface area contributed by atoms with E-state index >= 15 is 0 Å². The van der Waals surface area contributed by atoms with Crippen molar-refractivity contribution in [1.29, 1.82) is 0 Å². The average molecular weight is 510 g/mol. The van der Waals surface area contributed by atoms with Gasteiger partial charge < -0.3 is 20.5 Å². The van der Waals surface area contributed by atoms with Crippen LogP contribution < -0.4 is 15.8 Å². The van der Waals surface area contributed by atoms with Crippen molar-refractivity contribution in [2.75, 3.05) is 39.4 Å². The molecule has 2 aromatic rings. The van der Waals surface area contributed by atoms with Gasteiger partial charge in [0.2, 0.25) is 0 Å². The van der Waals surface area contributed by atoms with E-state index in [1.54, 1.807) is 0 Å². The largest absolute Gasteiger partial charge is 0.489 e. The van der Waals surface area contributed by atoms with E-state index in [1.165, 1.54) is 0 Å². The summed E-state index contributed by atoms with van der Waals surface area (Å²) in [7, 11) is 0. The van der Waals surface area contributed by atoms with Crippen LogP contribution in [0.15, 0.2) is 59.6 Å². The number of nitrogens with one attached hydrogen (secondary N) is 1. The number of rotatable bonds is 9. The lowest BCUT2D eigenvalue weighted by Gasteiger charge is -2.26. The first-order valence-electron chi connectivity index (χ1n) is 9.89. The highest BCUT2D eigenvalue weighted by Crippen LogP contribution is 2.12. The van der Waals surface area contributed by atoms with Gasteiger partial charge >= 0.3 is 0 Å². The zero-order valence-corrected chi connectivity index (χ0v) is 19.1. The number of halogens is 1. The molecule has 0 aliphatic carbocycles. The van der Waals surface area contributed by atoms with Crippen LogP contribution in [-0.4, -0.2) is 50.3 Å². The van der Waals surface area contributed by atoms with Crippen molar-refractivity contribution in [2.24, 2.45) is 10.7 Å². The van der Waals surface area contributed by atoms with Crippen molar-refractivity contribution in [3.05, 3.63) is 65.7 Å². The van der Waals surface area contributed by atoms with E-state index in [9.17, 15) is 0 Å². The summed E-state index contributed by atoms with van der Waals surface area (Å²) in [5.41, 5.74) is 8.22. The van der Waals surface area contributed by atoms with E-state index in [2.05, 4.69) is 39.5 Å². The Labute approximate surface area is 190 Å². The Hall–Kier alpha value is -1.84. The minimum Gasteiger partial charge on any atom is -0.489 e. The SMILES string of the molecule is I.NC(=NCc1ccc(COc2ccccc2)cc1)NCCCN1CCOCC1. The number of hydrogen-bond acceptors (Lipinski definition) is 4. The molecule has 0 radical (unpaired) electrons. The normalized spacial score (nSPS) is 14.8. The number of nitrogens with two attached hydrogens (primary N) is 1. The third-order valence-electron chi connectivity index (χ3n) is 4.66. The van der Waals surface area contributed by atoms with Gasteiger partial charge in [-0.1, -0.05) is 42.5 Å². The first-order chi connectivity index (χ1) is 13.8. The van der Waals surface area contributed by atoms with Crippen LogP contribution in [0.3, 0.4) is 0 Å². The first-order valence-corrected chi connectivity index (χ1v) is 9.89. The highest BCUT2D eigenvalue weighted by molar-refractivity contribution is 14.0. The highest BCUT2D eigenvalue weighted by atomic mass is 127. The summed E-state index contributed by atoms with van der Waals surface area (Å²) in [6.07, 6.45) is 1.05. The van der Waals surface area contributed by atoms with Crippen LogP contribution in [0.2, 0.25) is 0 Å². The second-order valence-electron chi connectivity index (χ2n) is 6.85. The zero-order valence-electron chi connectivity index (χ0n) is 16.8. The lowest BCUT2D eigenvalue weighted by Crippen LogP contribution is -2.39. The average Bonchev–Trinajstić information content (AvgIpc) is 2.76. The van der Waals surface area contributed by atoms with Gasteiger partial charge in [0, 0.05) is 19.6 Å². The smallest absolute Gasteiger partial charge is 0.188 e. The van der Waals surface area contributed by atoms with E-state index in [-0.39, 0.29) is 24.0 Å². The molecule has 1 fully saturated rings. The highest BCUT2D eigenvalue weighted by Gasteiger charge is 2.08. The fourth-order valence-corrected chi connectivity index (χ4v) is 3.00. The van der Waals surface area contributed by atoms with Crippen LogP contribution >= 0.6 is 24.0 Å². The number of guanidine groups is 1. The maximum Gasteiger partial charge on any atom is 0.188 e. The van der Waals surface area contributed by atoms with E-state index in [1.807, 2.05) is 30.3 Å². The summed E-state index contributed by atoms with van der Waals surface area (Å²) in [4.78, 5) is 6.84. The van der Waals surface area contributed by atoms with E-state index < -0.39 is 0 Å². The lowest BCUT2D eigenvalue weighted by atomic mass is 10.1. The van der Waals surface area contributed by atoms with Gasteiger partial charge in [0.25, 0.3) is 0 Å². The summed E-state index contributed by atoms with van der Waals surface area (Å²) >= 11 is 0. The molecule has 0 bridgehead atoms. The van der Waals surface area contributed by atoms with Crippen molar-refractivity contribution in [3.63, 3.8) is 0 Å². The molecule has 1 aliphatic rings. The van der Waals surface area contributed by atoms with Gasteiger partial charge in [-0.15, -0.1) is 24.0 Å². The number of nitrogens with zero attached hydrogens (tertiary/aromatic N) is 2. The van der Waals surface area contributed by atoms with Gasteiger partial charge in [-0.2, -0.15) is 0 Å². The molecule has 7 heteroatoms. The molecule has 1 saturated heterocycles. The van der Waals surface area contributed by atoms with Crippen LogP contribution in [0.25, 0.3) is 0 Å². The van der Waals surface area contributed by atoms with Crippen LogP contribution in [-0.2, 0) is 17.9 Å². The molecule has 0 spiro atoms. The lowest BCUT2D eigenvalue weighted by molar-refractivity contribution is 0.0376. The van der Waals surface area contributed by atoms with Gasteiger partial charge in [-0.25, -0.2) is 4.99 Å². The Morgan fingerprint density at radius 3 is 2.45 bits per heavy atom. The summed E-state index contributed by atoms with van der Waals surface area (Å²) < 4.78 is 11.1. The Morgan fingerprint density at radius 1 is 1.03 bits per heavy atom. The number of hydrogen-bond donors (Lipinski definition) is 2. The second-order valence-corrected chi connectivity index (χ2v) is 6.85. The van der Waals surface area contributed by atoms with Crippen LogP contribution in [0.5, 0.6) is 5.75 Å². The molecule has 0 amide bonds. The minimum absolute atomic E-state index is 0. The number of benzene rings is 2. The van der Waals surface area contributed by atoms with E-state index in [0.717, 1.165) is 62.7 Å². The van der Waals surface area contributed by atoms with Crippen molar-refractivity contribution < 1.29 is 9.47 Å². The maximum absolute atomic E-state index is 5.97. The predicted molar refractivity (Wildman–Crippen MR) is 128 cm³/mol. The third kappa shape index (κ3) is 9.01. The van der Waals surface area contributed by atoms with Gasteiger partial charge in [0.05, 0.1) is 19.8 Å². The summed E-state index contributed by atoms with van der Waals surface area (Å²) in [6, 6.07) is 18.1. The Kier molecular flexibility index (Phi) is 10.8. The summed E-state index contributed by atoms with van der Waals surface area (Å²) in [5, 5.41) is 3.19. The predicted octanol–water partition coefficient (Wildman–Crippen LogP) is 3.01. The molecule has 1 aliphatic heterocycles. The third-order valence-corrected chi connectivity index (χ3v) is 4.66. The summed E-state index contributed by atoms with van der Waals surface area (Å²) in [6.45, 7) is 6.76. The monoisotopic (exact) mass is 510 g/mol. The van der Waals surface area contributed by atoms with Crippen LogP contribution in [0.1, 0.15) is 17.5 Å². The van der Waals surface area contributed by atoms with Gasteiger partial charge in [-0.05, 0) is 36.2 Å². The summed E-state index contributed by atoms with van der Waals surface area (Å²) in [5.74, 6) is 1.38. The van der Waals surface area contributed by atoms with E-state index in [0.29, 0.717) is 19.1 Å².